The van der Waals surface area contributed by atoms with E-state index in [0.717, 1.165) is 33.9 Å². The zero-order valence-corrected chi connectivity index (χ0v) is 15.5. The molecule has 1 atom stereocenters. The Labute approximate surface area is 152 Å². The van der Waals surface area contributed by atoms with E-state index in [9.17, 15) is 9.59 Å². The third kappa shape index (κ3) is 3.51. The number of hydrazone groups is 1. The summed E-state index contributed by atoms with van der Waals surface area (Å²) in [4.78, 5) is 23.8. The van der Waals surface area contributed by atoms with E-state index in [1.165, 1.54) is 0 Å². The van der Waals surface area contributed by atoms with Crippen molar-refractivity contribution < 1.29 is 9.59 Å². The second-order valence-electron chi connectivity index (χ2n) is 6.59. The summed E-state index contributed by atoms with van der Waals surface area (Å²) >= 11 is 0. The first-order chi connectivity index (χ1) is 12.4. The van der Waals surface area contributed by atoms with Crippen LogP contribution in [-0.4, -0.2) is 27.3 Å². The molecule has 2 aromatic rings. The average Bonchev–Trinajstić information content (AvgIpc) is 2.88. The fourth-order valence-corrected chi connectivity index (χ4v) is 3.23. The summed E-state index contributed by atoms with van der Waals surface area (Å²) in [6.45, 7) is 5.78. The molecule has 2 heterocycles. The lowest BCUT2D eigenvalue weighted by atomic mass is 9.98. The smallest absolute Gasteiger partial charge is 0.240 e. The van der Waals surface area contributed by atoms with Gasteiger partial charge in [0.25, 0.3) is 0 Å². The van der Waals surface area contributed by atoms with Crippen LogP contribution in [0.3, 0.4) is 0 Å². The quantitative estimate of drug-likeness (QED) is 0.884. The van der Waals surface area contributed by atoms with E-state index in [-0.39, 0.29) is 17.7 Å². The molecule has 0 spiro atoms. The molecule has 0 radical (unpaired) electrons. The van der Waals surface area contributed by atoms with Gasteiger partial charge < -0.3 is 5.32 Å². The maximum Gasteiger partial charge on any atom is 0.240 e. The summed E-state index contributed by atoms with van der Waals surface area (Å²) in [5.41, 5.74) is 7.85. The molecule has 1 aliphatic rings. The van der Waals surface area contributed by atoms with Gasteiger partial charge in [0.2, 0.25) is 11.8 Å². The van der Waals surface area contributed by atoms with E-state index in [1.54, 1.807) is 4.68 Å². The Morgan fingerprint density at radius 2 is 1.92 bits per heavy atom. The van der Waals surface area contributed by atoms with Crippen molar-refractivity contribution in [1.82, 2.24) is 15.2 Å². The summed E-state index contributed by atoms with van der Waals surface area (Å²) in [6, 6.07) is 7.50. The first-order valence-electron chi connectivity index (χ1n) is 8.63. The number of benzene rings is 1. The van der Waals surface area contributed by atoms with Crippen LogP contribution < -0.4 is 10.7 Å². The number of carbonyl (C=O) groups excluding carboxylic acids is 2. The molecule has 0 fully saturated rings. The van der Waals surface area contributed by atoms with Crippen molar-refractivity contribution in [1.29, 1.82) is 0 Å². The molecule has 0 saturated carbocycles. The van der Waals surface area contributed by atoms with Crippen molar-refractivity contribution >= 4 is 23.2 Å². The molecular weight excluding hydrogens is 330 g/mol. The van der Waals surface area contributed by atoms with Crippen molar-refractivity contribution in [3.63, 3.8) is 0 Å². The molecule has 3 rings (SSSR count). The Morgan fingerprint density at radius 1 is 1.23 bits per heavy atom. The third-order valence-corrected chi connectivity index (χ3v) is 4.78. The van der Waals surface area contributed by atoms with Crippen LogP contribution >= 0.6 is 0 Å². The highest BCUT2D eigenvalue weighted by molar-refractivity contribution is 6.04. The molecule has 2 N–H and O–H groups in total. The fraction of sp³-hybridized carbons (Fsp3) is 0.368. The van der Waals surface area contributed by atoms with Crippen LogP contribution in [0.4, 0.5) is 5.69 Å². The second kappa shape index (κ2) is 7.11. The highest BCUT2D eigenvalue weighted by Crippen LogP contribution is 2.24. The van der Waals surface area contributed by atoms with Crippen molar-refractivity contribution in [2.24, 2.45) is 12.1 Å². The largest absolute Gasteiger partial charge is 0.326 e. The normalized spacial score (nSPS) is 15.2. The van der Waals surface area contributed by atoms with Crippen LogP contribution in [0.5, 0.6) is 0 Å². The topological polar surface area (TPSA) is 88.4 Å². The lowest BCUT2D eigenvalue weighted by Crippen LogP contribution is -2.25. The molecule has 7 heteroatoms. The van der Waals surface area contributed by atoms with E-state index in [1.807, 2.05) is 52.1 Å². The zero-order valence-electron chi connectivity index (χ0n) is 15.5. The minimum atomic E-state index is -0.290. The van der Waals surface area contributed by atoms with Crippen LogP contribution in [0.2, 0.25) is 0 Å². The Kier molecular flexibility index (Phi) is 4.88. The molecule has 0 bridgehead atoms. The van der Waals surface area contributed by atoms with E-state index in [4.69, 9.17) is 0 Å². The Balaban J connectivity index is 1.70. The van der Waals surface area contributed by atoms with Gasteiger partial charge in [-0.25, -0.2) is 5.43 Å². The van der Waals surface area contributed by atoms with E-state index in [2.05, 4.69) is 20.9 Å². The van der Waals surface area contributed by atoms with Gasteiger partial charge in [-0.2, -0.15) is 10.2 Å². The maximum absolute atomic E-state index is 12.6. The summed E-state index contributed by atoms with van der Waals surface area (Å²) in [5, 5.41) is 11.4. The lowest BCUT2D eigenvalue weighted by Gasteiger charge is -2.15. The molecule has 0 saturated heterocycles. The molecule has 1 aromatic carbocycles. The number of nitrogens with zero attached hydrogens (tertiary/aromatic N) is 3. The van der Waals surface area contributed by atoms with E-state index in [0.29, 0.717) is 12.8 Å². The van der Waals surface area contributed by atoms with Crippen molar-refractivity contribution in [3.05, 3.63) is 46.8 Å². The van der Waals surface area contributed by atoms with Gasteiger partial charge in [-0.05, 0) is 38.5 Å². The monoisotopic (exact) mass is 353 g/mol. The molecule has 1 aliphatic heterocycles. The molecular formula is C19H23N5O2. The number of carbonyl (C=O) groups is 2. The van der Waals surface area contributed by atoms with Gasteiger partial charge in [0.1, 0.15) is 0 Å². The molecule has 1 unspecified atom stereocenters. The van der Waals surface area contributed by atoms with Crippen molar-refractivity contribution in [3.8, 4) is 0 Å². The summed E-state index contributed by atoms with van der Waals surface area (Å²) in [6.07, 6.45) is 1.06. The van der Waals surface area contributed by atoms with Gasteiger partial charge in [-0.3, -0.25) is 14.3 Å². The molecule has 0 aliphatic carbocycles. The van der Waals surface area contributed by atoms with Gasteiger partial charge in [0, 0.05) is 36.8 Å². The predicted octanol–water partition coefficient (Wildman–Crippen LogP) is 2.39. The highest BCUT2D eigenvalue weighted by atomic mass is 16.2. The van der Waals surface area contributed by atoms with Crippen LogP contribution in [0.25, 0.3) is 0 Å². The number of hydrogen-bond acceptors (Lipinski definition) is 4. The van der Waals surface area contributed by atoms with Crippen LogP contribution in [0, 0.1) is 13.8 Å². The number of hydrogen-bond donors (Lipinski definition) is 2. The van der Waals surface area contributed by atoms with E-state index >= 15 is 0 Å². The summed E-state index contributed by atoms with van der Waals surface area (Å²) < 4.78 is 1.80. The van der Waals surface area contributed by atoms with Gasteiger partial charge in [-0.15, -0.1) is 0 Å². The minimum Gasteiger partial charge on any atom is -0.326 e. The first kappa shape index (κ1) is 17.8. The van der Waals surface area contributed by atoms with Crippen molar-refractivity contribution in [2.75, 3.05) is 5.32 Å². The van der Waals surface area contributed by atoms with Gasteiger partial charge in [0.15, 0.2) is 0 Å². The Bertz CT molecular complexity index is 880. The minimum absolute atomic E-state index is 0.0624. The number of anilines is 1. The van der Waals surface area contributed by atoms with Gasteiger partial charge >= 0.3 is 0 Å². The Hall–Kier alpha value is -2.96. The number of rotatable bonds is 4. The summed E-state index contributed by atoms with van der Waals surface area (Å²) in [7, 11) is 1.88. The van der Waals surface area contributed by atoms with Crippen LogP contribution in [0.15, 0.2) is 29.4 Å². The zero-order chi connectivity index (χ0) is 18.8. The highest BCUT2D eigenvalue weighted by Gasteiger charge is 2.22. The fourth-order valence-electron chi connectivity index (χ4n) is 3.23. The number of nitrogens with one attached hydrogen (secondary N) is 2. The summed E-state index contributed by atoms with van der Waals surface area (Å²) in [5.74, 6) is -0.423. The average molecular weight is 353 g/mol. The van der Waals surface area contributed by atoms with E-state index < -0.39 is 0 Å². The molecule has 26 heavy (non-hydrogen) atoms. The van der Waals surface area contributed by atoms with Crippen LogP contribution in [0.1, 0.15) is 48.2 Å². The van der Waals surface area contributed by atoms with Gasteiger partial charge in [0.05, 0.1) is 17.3 Å². The maximum atomic E-state index is 12.6. The lowest BCUT2D eigenvalue weighted by molar-refractivity contribution is -0.121. The predicted molar refractivity (Wildman–Crippen MR) is 100 cm³/mol. The van der Waals surface area contributed by atoms with Gasteiger partial charge in [-0.1, -0.05) is 12.1 Å². The second-order valence-corrected chi connectivity index (χ2v) is 6.59. The first-order valence-corrected chi connectivity index (χ1v) is 8.63. The number of aryl methyl sites for hydroxylation is 2. The Morgan fingerprint density at radius 3 is 2.46 bits per heavy atom. The SMILES string of the molecule is Cc1nn(C)c(C)c1C(C)C(=O)Nc1ccc(C2=NNC(=O)CC2)cc1. The van der Waals surface area contributed by atoms with Crippen LogP contribution in [-0.2, 0) is 16.6 Å². The number of amides is 2. The van der Waals surface area contributed by atoms with Crippen molar-refractivity contribution in [2.45, 2.75) is 39.5 Å². The standard InChI is InChI=1S/C19H23N5O2/c1-11(18-12(2)23-24(4)13(18)3)19(26)20-15-7-5-14(6-8-15)16-9-10-17(25)22-21-16/h5-8,11H,9-10H2,1-4H3,(H,20,26)(H,22,25). The molecule has 2 amide bonds. The third-order valence-electron chi connectivity index (χ3n) is 4.78. The number of aromatic nitrogens is 2. The molecule has 136 valence electrons. The molecule has 7 nitrogen and oxygen atoms in total. The molecule has 1 aromatic heterocycles.